The molecule has 0 spiro atoms. The molecule has 26 heavy (non-hydrogen) atoms. The molecule has 2 aromatic rings. The van der Waals surface area contributed by atoms with Crippen LogP contribution in [0.5, 0.6) is 11.5 Å². The minimum atomic E-state index is -0.232. The summed E-state index contributed by atoms with van der Waals surface area (Å²) in [6.07, 6.45) is 3.41. The van der Waals surface area contributed by atoms with Gasteiger partial charge in [0, 0.05) is 19.2 Å². The van der Waals surface area contributed by atoms with Gasteiger partial charge in [0.05, 0.1) is 0 Å². The number of hydrogen-bond donors (Lipinski definition) is 2. The monoisotopic (exact) mass is 356 g/mol. The fraction of sp³-hybridized carbons (Fsp3) is 0.421. The molecule has 0 saturated heterocycles. The zero-order valence-corrected chi connectivity index (χ0v) is 15.2. The molecule has 0 fully saturated rings. The van der Waals surface area contributed by atoms with E-state index in [4.69, 9.17) is 9.47 Å². The van der Waals surface area contributed by atoms with Gasteiger partial charge in [0.1, 0.15) is 17.3 Å². The number of ether oxygens (including phenoxy) is 2. The van der Waals surface area contributed by atoms with Crippen LogP contribution in [0.2, 0.25) is 0 Å². The summed E-state index contributed by atoms with van der Waals surface area (Å²) in [7, 11) is 0. The number of carbonyl (C=O) groups is 1. The Bertz CT molecular complexity index is 779. The standard InChI is InChI=1S/C19H24N4O3/c1-3-4-5-8-20-18-10-15(22-13(2)23-18)19(24)21-11-14-6-7-16-17(9-14)26-12-25-16/h6-7,9-10H,3-5,8,11-12H2,1-2H3,(H,21,24)(H,20,22,23). The number of carbonyl (C=O) groups excluding carboxylic acids is 1. The van der Waals surface area contributed by atoms with Gasteiger partial charge in [-0.1, -0.05) is 25.8 Å². The first kappa shape index (κ1) is 18.0. The Hall–Kier alpha value is -2.83. The first-order valence-corrected chi connectivity index (χ1v) is 8.92. The van der Waals surface area contributed by atoms with Crippen molar-refractivity contribution in [3.8, 4) is 11.5 Å². The van der Waals surface area contributed by atoms with E-state index in [2.05, 4.69) is 27.5 Å². The highest BCUT2D eigenvalue weighted by Gasteiger charge is 2.14. The van der Waals surface area contributed by atoms with Gasteiger partial charge in [-0.05, 0) is 31.0 Å². The van der Waals surface area contributed by atoms with Gasteiger partial charge in [0.15, 0.2) is 11.5 Å². The topological polar surface area (TPSA) is 85.4 Å². The van der Waals surface area contributed by atoms with Crippen LogP contribution in [0.25, 0.3) is 0 Å². The van der Waals surface area contributed by atoms with Crippen molar-refractivity contribution in [2.45, 2.75) is 39.7 Å². The van der Waals surface area contributed by atoms with Gasteiger partial charge in [-0.15, -0.1) is 0 Å². The van der Waals surface area contributed by atoms with E-state index in [1.807, 2.05) is 18.2 Å². The molecule has 138 valence electrons. The molecule has 1 aromatic carbocycles. The summed E-state index contributed by atoms with van der Waals surface area (Å²) in [5.41, 5.74) is 1.29. The van der Waals surface area contributed by atoms with E-state index >= 15 is 0 Å². The van der Waals surface area contributed by atoms with E-state index in [0.717, 1.165) is 30.7 Å². The second-order valence-corrected chi connectivity index (χ2v) is 6.19. The van der Waals surface area contributed by atoms with E-state index in [1.165, 1.54) is 6.42 Å². The van der Waals surface area contributed by atoms with E-state index in [0.29, 0.717) is 29.6 Å². The molecule has 2 N–H and O–H groups in total. The van der Waals surface area contributed by atoms with Crippen LogP contribution in [0.3, 0.4) is 0 Å². The van der Waals surface area contributed by atoms with Crippen LogP contribution in [-0.4, -0.2) is 29.2 Å². The Morgan fingerprint density at radius 1 is 1.15 bits per heavy atom. The molecule has 0 saturated carbocycles. The molecule has 1 amide bonds. The molecular formula is C19H24N4O3. The predicted molar refractivity (Wildman–Crippen MR) is 98.5 cm³/mol. The highest BCUT2D eigenvalue weighted by molar-refractivity contribution is 5.92. The predicted octanol–water partition coefficient (Wildman–Crippen LogP) is 3.05. The third-order valence-corrected chi connectivity index (χ3v) is 4.05. The number of nitrogens with one attached hydrogen (secondary N) is 2. The Morgan fingerprint density at radius 3 is 2.85 bits per heavy atom. The third-order valence-electron chi connectivity index (χ3n) is 4.05. The van der Waals surface area contributed by atoms with Crippen LogP contribution < -0.4 is 20.1 Å². The summed E-state index contributed by atoms with van der Waals surface area (Å²) in [5.74, 6) is 2.45. The Morgan fingerprint density at radius 2 is 2.00 bits per heavy atom. The van der Waals surface area contributed by atoms with Crippen molar-refractivity contribution >= 4 is 11.7 Å². The molecule has 0 unspecified atom stereocenters. The molecule has 2 heterocycles. The molecule has 1 aliphatic rings. The van der Waals surface area contributed by atoms with Crippen LogP contribution in [-0.2, 0) is 6.54 Å². The number of nitrogens with zero attached hydrogens (tertiary/aromatic N) is 2. The smallest absolute Gasteiger partial charge is 0.270 e. The number of rotatable bonds is 8. The fourth-order valence-electron chi connectivity index (χ4n) is 2.69. The van der Waals surface area contributed by atoms with Gasteiger partial charge < -0.3 is 20.1 Å². The molecule has 1 aliphatic heterocycles. The fourth-order valence-corrected chi connectivity index (χ4v) is 2.69. The van der Waals surface area contributed by atoms with Gasteiger partial charge in [-0.25, -0.2) is 9.97 Å². The van der Waals surface area contributed by atoms with Crippen molar-refractivity contribution in [1.29, 1.82) is 0 Å². The highest BCUT2D eigenvalue weighted by Crippen LogP contribution is 2.32. The lowest BCUT2D eigenvalue weighted by Gasteiger charge is -2.09. The Balaban J connectivity index is 1.59. The average molecular weight is 356 g/mol. The second kappa shape index (κ2) is 8.51. The number of fused-ring (bicyclic) bond motifs is 1. The van der Waals surface area contributed by atoms with Crippen molar-refractivity contribution in [2.24, 2.45) is 0 Å². The summed E-state index contributed by atoms with van der Waals surface area (Å²) in [6.45, 7) is 5.41. The lowest BCUT2D eigenvalue weighted by molar-refractivity contribution is 0.0945. The largest absolute Gasteiger partial charge is 0.454 e. The molecule has 7 nitrogen and oxygen atoms in total. The van der Waals surface area contributed by atoms with Crippen molar-refractivity contribution in [3.05, 3.63) is 41.3 Å². The van der Waals surface area contributed by atoms with Gasteiger partial charge >= 0.3 is 0 Å². The van der Waals surface area contributed by atoms with Crippen LogP contribution in [0.4, 0.5) is 5.82 Å². The number of amides is 1. The van der Waals surface area contributed by atoms with E-state index in [9.17, 15) is 4.79 Å². The van der Waals surface area contributed by atoms with Crippen molar-refractivity contribution in [2.75, 3.05) is 18.7 Å². The first-order chi connectivity index (χ1) is 12.7. The molecule has 0 atom stereocenters. The molecular weight excluding hydrogens is 332 g/mol. The van der Waals surface area contributed by atoms with Crippen LogP contribution >= 0.6 is 0 Å². The molecule has 3 rings (SSSR count). The summed E-state index contributed by atoms with van der Waals surface area (Å²) in [4.78, 5) is 21.0. The Kier molecular flexibility index (Phi) is 5.88. The normalized spacial score (nSPS) is 12.1. The summed E-state index contributed by atoms with van der Waals surface area (Å²) >= 11 is 0. The van der Waals surface area contributed by atoms with Gasteiger partial charge in [0.2, 0.25) is 6.79 Å². The van der Waals surface area contributed by atoms with Crippen LogP contribution in [0.15, 0.2) is 24.3 Å². The number of hydrogen-bond acceptors (Lipinski definition) is 6. The summed E-state index contributed by atoms with van der Waals surface area (Å²) < 4.78 is 10.6. The van der Waals surface area contributed by atoms with Gasteiger partial charge in [0.25, 0.3) is 5.91 Å². The minimum absolute atomic E-state index is 0.232. The van der Waals surface area contributed by atoms with Crippen molar-refractivity contribution < 1.29 is 14.3 Å². The number of anilines is 1. The van der Waals surface area contributed by atoms with Crippen LogP contribution in [0.1, 0.15) is 48.1 Å². The lowest BCUT2D eigenvalue weighted by Crippen LogP contribution is -2.24. The highest BCUT2D eigenvalue weighted by atomic mass is 16.7. The third kappa shape index (κ3) is 4.62. The second-order valence-electron chi connectivity index (χ2n) is 6.19. The lowest BCUT2D eigenvalue weighted by atomic mass is 10.2. The maximum Gasteiger partial charge on any atom is 0.270 e. The maximum atomic E-state index is 12.4. The number of aromatic nitrogens is 2. The Labute approximate surface area is 153 Å². The zero-order valence-electron chi connectivity index (χ0n) is 15.2. The van der Waals surface area contributed by atoms with Crippen molar-refractivity contribution in [3.63, 3.8) is 0 Å². The molecule has 0 bridgehead atoms. The SMILES string of the molecule is CCCCCNc1cc(C(=O)NCc2ccc3c(c2)OCO3)nc(C)n1. The molecule has 1 aromatic heterocycles. The molecule has 0 aliphatic carbocycles. The zero-order chi connectivity index (χ0) is 18.4. The quantitative estimate of drug-likeness (QED) is 0.707. The summed E-state index contributed by atoms with van der Waals surface area (Å²) in [6, 6.07) is 7.30. The van der Waals surface area contributed by atoms with E-state index in [1.54, 1.807) is 13.0 Å². The molecule has 0 radical (unpaired) electrons. The number of aryl methyl sites for hydroxylation is 1. The number of benzene rings is 1. The van der Waals surface area contributed by atoms with Crippen molar-refractivity contribution in [1.82, 2.24) is 15.3 Å². The molecule has 7 heteroatoms. The average Bonchev–Trinajstić information content (AvgIpc) is 3.10. The first-order valence-electron chi connectivity index (χ1n) is 8.92. The van der Waals surface area contributed by atoms with E-state index < -0.39 is 0 Å². The van der Waals surface area contributed by atoms with Crippen LogP contribution in [0, 0.1) is 6.92 Å². The number of unbranched alkanes of at least 4 members (excludes halogenated alkanes) is 2. The van der Waals surface area contributed by atoms with E-state index in [-0.39, 0.29) is 12.7 Å². The van der Waals surface area contributed by atoms with Gasteiger partial charge in [-0.2, -0.15) is 0 Å². The van der Waals surface area contributed by atoms with Gasteiger partial charge in [-0.3, -0.25) is 4.79 Å². The summed E-state index contributed by atoms with van der Waals surface area (Å²) in [5, 5.41) is 6.14. The maximum absolute atomic E-state index is 12.4. The minimum Gasteiger partial charge on any atom is -0.454 e.